The predicted molar refractivity (Wildman–Crippen MR) is 130 cm³/mol. The molecule has 0 unspecified atom stereocenters. The van der Waals surface area contributed by atoms with Crippen LogP contribution in [0.1, 0.15) is 29.1 Å². The molecule has 2 amide bonds. The second kappa shape index (κ2) is 11.5. The second-order valence-electron chi connectivity index (χ2n) is 7.01. The smallest absolute Gasteiger partial charge is 0.251 e. The van der Waals surface area contributed by atoms with E-state index in [0.717, 1.165) is 0 Å². The lowest BCUT2D eigenvalue weighted by molar-refractivity contribution is -0.113. The van der Waals surface area contributed by atoms with Gasteiger partial charge in [0, 0.05) is 28.9 Å². The Bertz CT molecular complexity index is 1130. The molecule has 2 aromatic carbocycles. The monoisotopic (exact) mass is 485 g/mol. The summed E-state index contributed by atoms with van der Waals surface area (Å²) in [6.45, 7) is 6.04. The molecule has 0 bridgehead atoms. The van der Waals surface area contributed by atoms with Crippen molar-refractivity contribution in [3.63, 3.8) is 0 Å². The number of aromatic nitrogens is 3. The van der Waals surface area contributed by atoms with E-state index in [-0.39, 0.29) is 17.6 Å². The number of allylic oxidation sites excluding steroid dienone is 1. The fourth-order valence-electron chi connectivity index (χ4n) is 3.00. The standard InChI is InChI=1S/C23H24ClN5O3S/c1-4-12-29-21(15(2)25-22(31)16-8-10-17(24)11-9-16)27-28-23(29)33-14-20(30)26-18-6-5-7-19(13-18)32-3/h4-11,13,15H,1,12,14H2,2-3H3,(H,25,31)(H,26,30)/t15-/m1/s1. The summed E-state index contributed by atoms with van der Waals surface area (Å²) < 4.78 is 6.99. The molecule has 1 heterocycles. The van der Waals surface area contributed by atoms with Crippen LogP contribution in [0.4, 0.5) is 5.69 Å². The Labute approximate surface area is 201 Å². The number of carbonyl (C=O) groups excluding carboxylic acids is 2. The largest absolute Gasteiger partial charge is 0.497 e. The average molecular weight is 486 g/mol. The molecule has 3 rings (SSSR count). The van der Waals surface area contributed by atoms with E-state index >= 15 is 0 Å². The van der Waals surface area contributed by atoms with Gasteiger partial charge < -0.3 is 19.9 Å². The quantitative estimate of drug-likeness (QED) is 0.327. The van der Waals surface area contributed by atoms with Gasteiger partial charge in [-0.1, -0.05) is 35.5 Å². The molecule has 0 aliphatic heterocycles. The third-order valence-electron chi connectivity index (χ3n) is 4.58. The van der Waals surface area contributed by atoms with Crippen molar-refractivity contribution in [2.24, 2.45) is 0 Å². The molecule has 0 spiro atoms. The number of benzene rings is 2. The van der Waals surface area contributed by atoms with Crippen LogP contribution in [0.3, 0.4) is 0 Å². The maximum atomic E-state index is 12.6. The van der Waals surface area contributed by atoms with Gasteiger partial charge in [0.25, 0.3) is 5.91 Å². The van der Waals surface area contributed by atoms with Crippen LogP contribution in [0.2, 0.25) is 5.02 Å². The molecule has 8 nitrogen and oxygen atoms in total. The normalized spacial score (nSPS) is 11.5. The van der Waals surface area contributed by atoms with Crippen LogP contribution in [0.5, 0.6) is 5.75 Å². The average Bonchev–Trinajstić information content (AvgIpc) is 3.21. The van der Waals surface area contributed by atoms with E-state index < -0.39 is 6.04 Å². The van der Waals surface area contributed by atoms with Gasteiger partial charge >= 0.3 is 0 Å². The zero-order valence-corrected chi connectivity index (χ0v) is 19.8. The van der Waals surface area contributed by atoms with Crippen molar-refractivity contribution in [2.75, 3.05) is 18.2 Å². The minimum Gasteiger partial charge on any atom is -0.497 e. The van der Waals surface area contributed by atoms with Gasteiger partial charge in [-0.3, -0.25) is 9.59 Å². The highest BCUT2D eigenvalue weighted by atomic mass is 35.5. The maximum Gasteiger partial charge on any atom is 0.251 e. The predicted octanol–water partition coefficient (Wildman–Crippen LogP) is 4.35. The van der Waals surface area contributed by atoms with Crippen LogP contribution in [0.15, 0.2) is 66.3 Å². The Morgan fingerprint density at radius 1 is 1.24 bits per heavy atom. The van der Waals surface area contributed by atoms with Gasteiger partial charge in [0.1, 0.15) is 5.75 Å². The van der Waals surface area contributed by atoms with Gasteiger partial charge in [-0.15, -0.1) is 16.8 Å². The first-order chi connectivity index (χ1) is 15.9. The number of nitrogens with one attached hydrogen (secondary N) is 2. The van der Waals surface area contributed by atoms with Crippen LogP contribution < -0.4 is 15.4 Å². The van der Waals surface area contributed by atoms with Crippen LogP contribution in [0, 0.1) is 0 Å². The zero-order chi connectivity index (χ0) is 23.8. The highest BCUT2D eigenvalue weighted by molar-refractivity contribution is 7.99. The Morgan fingerprint density at radius 2 is 2.00 bits per heavy atom. The number of methoxy groups -OCH3 is 1. The molecule has 0 radical (unpaired) electrons. The molecule has 10 heteroatoms. The SMILES string of the molecule is C=CCn1c(SCC(=O)Nc2cccc(OC)c2)nnc1[C@@H](C)NC(=O)c1ccc(Cl)cc1. The molecule has 2 N–H and O–H groups in total. The fraction of sp³-hybridized carbons (Fsp3) is 0.217. The van der Waals surface area contributed by atoms with Gasteiger partial charge in [0.2, 0.25) is 5.91 Å². The number of hydrogen-bond donors (Lipinski definition) is 2. The lowest BCUT2D eigenvalue weighted by atomic mass is 10.2. The summed E-state index contributed by atoms with van der Waals surface area (Å²) in [6, 6.07) is 13.3. The lowest BCUT2D eigenvalue weighted by Crippen LogP contribution is -2.28. The van der Waals surface area contributed by atoms with Gasteiger partial charge in [-0.25, -0.2) is 0 Å². The van der Waals surface area contributed by atoms with E-state index in [4.69, 9.17) is 16.3 Å². The summed E-state index contributed by atoms with van der Waals surface area (Å²) in [4.78, 5) is 25.0. The maximum absolute atomic E-state index is 12.6. The van der Waals surface area contributed by atoms with Crippen LogP contribution in [-0.2, 0) is 11.3 Å². The van der Waals surface area contributed by atoms with Crippen molar-refractivity contribution < 1.29 is 14.3 Å². The summed E-state index contributed by atoms with van der Waals surface area (Å²) in [6.07, 6.45) is 1.71. The Hall–Kier alpha value is -3.30. The lowest BCUT2D eigenvalue weighted by Gasteiger charge is -2.15. The molecule has 0 saturated carbocycles. The van der Waals surface area contributed by atoms with E-state index in [1.807, 2.05) is 11.5 Å². The molecule has 0 aliphatic rings. The van der Waals surface area contributed by atoms with E-state index in [9.17, 15) is 9.59 Å². The first-order valence-electron chi connectivity index (χ1n) is 10.1. The second-order valence-corrected chi connectivity index (χ2v) is 8.39. The van der Waals surface area contributed by atoms with Gasteiger partial charge in [0.05, 0.1) is 18.9 Å². The van der Waals surface area contributed by atoms with Crippen molar-refractivity contribution in [3.05, 3.63) is 77.6 Å². The number of carbonyl (C=O) groups is 2. The van der Waals surface area contributed by atoms with E-state index in [2.05, 4.69) is 27.4 Å². The topological polar surface area (TPSA) is 98.1 Å². The minimum atomic E-state index is -0.416. The number of amides is 2. The number of ether oxygens (including phenoxy) is 1. The van der Waals surface area contributed by atoms with Crippen LogP contribution in [0.25, 0.3) is 0 Å². The zero-order valence-electron chi connectivity index (χ0n) is 18.2. The third-order valence-corrected chi connectivity index (χ3v) is 5.80. The number of thioether (sulfide) groups is 1. The van der Waals surface area contributed by atoms with E-state index in [1.54, 1.807) is 61.7 Å². The molecule has 172 valence electrons. The van der Waals surface area contributed by atoms with E-state index in [1.165, 1.54) is 11.8 Å². The third kappa shape index (κ3) is 6.59. The molecule has 1 aromatic heterocycles. The number of nitrogens with zero attached hydrogens (tertiary/aromatic N) is 3. The molecule has 0 aliphatic carbocycles. The number of halogens is 1. The fourth-order valence-corrected chi connectivity index (χ4v) is 3.88. The van der Waals surface area contributed by atoms with Crippen molar-refractivity contribution in [1.29, 1.82) is 0 Å². The Kier molecular flexibility index (Phi) is 8.51. The van der Waals surface area contributed by atoms with Crippen molar-refractivity contribution in [1.82, 2.24) is 20.1 Å². The molecular weight excluding hydrogens is 462 g/mol. The molecule has 0 fully saturated rings. The summed E-state index contributed by atoms with van der Waals surface area (Å²) >= 11 is 7.14. The Morgan fingerprint density at radius 3 is 2.70 bits per heavy atom. The van der Waals surface area contributed by atoms with Crippen molar-refractivity contribution in [3.8, 4) is 5.75 Å². The van der Waals surface area contributed by atoms with Crippen molar-refractivity contribution >= 4 is 40.9 Å². The van der Waals surface area contributed by atoms with E-state index in [0.29, 0.717) is 39.5 Å². The molecule has 3 aromatic rings. The highest BCUT2D eigenvalue weighted by Crippen LogP contribution is 2.22. The first-order valence-corrected chi connectivity index (χ1v) is 11.4. The molecule has 1 atom stereocenters. The summed E-state index contributed by atoms with van der Waals surface area (Å²) in [5, 5.41) is 15.3. The van der Waals surface area contributed by atoms with Gasteiger partial charge in [-0.2, -0.15) is 0 Å². The van der Waals surface area contributed by atoms with Gasteiger partial charge in [-0.05, 0) is 43.3 Å². The van der Waals surface area contributed by atoms with Crippen LogP contribution >= 0.6 is 23.4 Å². The molecule has 0 saturated heterocycles. The first kappa shape index (κ1) is 24.3. The molecular formula is C23H24ClN5O3S. The number of hydrogen-bond acceptors (Lipinski definition) is 6. The Balaban J connectivity index is 1.65. The minimum absolute atomic E-state index is 0.137. The van der Waals surface area contributed by atoms with Gasteiger partial charge in [0.15, 0.2) is 11.0 Å². The summed E-state index contributed by atoms with van der Waals surface area (Å²) in [5.41, 5.74) is 1.14. The van der Waals surface area contributed by atoms with Crippen molar-refractivity contribution in [2.45, 2.75) is 24.7 Å². The number of anilines is 1. The summed E-state index contributed by atoms with van der Waals surface area (Å²) in [5.74, 6) is 0.919. The molecule has 33 heavy (non-hydrogen) atoms. The highest BCUT2D eigenvalue weighted by Gasteiger charge is 2.20. The summed E-state index contributed by atoms with van der Waals surface area (Å²) in [7, 11) is 1.57. The van der Waals surface area contributed by atoms with Crippen LogP contribution in [-0.4, -0.2) is 39.4 Å². The number of rotatable bonds is 10.